The van der Waals surface area contributed by atoms with Crippen LogP contribution in [0.3, 0.4) is 0 Å². The Morgan fingerprint density at radius 1 is 1.05 bits per heavy atom. The molecule has 3 N–H and O–H groups in total. The van der Waals surface area contributed by atoms with Crippen molar-refractivity contribution in [3.8, 4) is 0 Å². The lowest BCUT2D eigenvalue weighted by atomic mass is 10.2. The van der Waals surface area contributed by atoms with Gasteiger partial charge in [0, 0.05) is 5.02 Å². The number of anilines is 2. The van der Waals surface area contributed by atoms with E-state index in [-0.39, 0.29) is 22.0 Å². The highest BCUT2D eigenvalue weighted by atomic mass is 35.5. The van der Waals surface area contributed by atoms with Gasteiger partial charge >= 0.3 is 12.0 Å². The molecule has 0 bridgehead atoms. The Kier molecular flexibility index (Phi) is 4.39. The van der Waals surface area contributed by atoms with Gasteiger partial charge in [-0.15, -0.1) is 0 Å². The molecule has 2 aromatic rings. The summed E-state index contributed by atoms with van der Waals surface area (Å²) in [4.78, 5) is 22.8. The maximum absolute atomic E-state index is 13.5. The van der Waals surface area contributed by atoms with Crippen molar-refractivity contribution >= 4 is 35.0 Å². The highest BCUT2D eigenvalue weighted by Crippen LogP contribution is 2.20. The molecule has 0 unspecified atom stereocenters. The van der Waals surface area contributed by atoms with Crippen molar-refractivity contribution in [3.05, 3.63) is 58.9 Å². The number of carbonyl (C=O) groups is 2. The lowest BCUT2D eigenvalue weighted by molar-refractivity contribution is 0.0698. The monoisotopic (exact) mass is 308 g/mol. The van der Waals surface area contributed by atoms with Crippen LogP contribution in [-0.4, -0.2) is 17.1 Å². The van der Waals surface area contributed by atoms with Crippen LogP contribution in [0.15, 0.2) is 42.5 Å². The first-order chi connectivity index (χ1) is 9.97. The quantitative estimate of drug-likeness (QED) is 0.806. The Morgan fingerprint density at radius 3 is 2.38 bits per heavy atom. The number of hydrogen-bond acceptors (Lipinski definition) is 2. The second kappa shape index (κ2) is 6.23. The van der Waals surface area contributed by atoms with Crippen LogP contribution in [0.4, 0.5) is 20.6 Å². The van der Waals surface area contributed by atoms with E-state index in [1.807, 2.05) is 0 Å². The normalized spacial score (nSPS) is 10.0. The first-order valence-electron chi connectivity index (χ1n) is 5.83. The molecule has 0 heterocycles. The molecule has 0 atom stereocenters. The van der Waals surface area contributed by atoms with Crippen LogP contribution in [0.2, 0.25) is 5.02 Å². The molecule has 108 valence electrons. The molecule has 0 saturated heterocycles. The average molecular weight is 309 g/mol. The first-order valence-corrected chi connectivity index (χ1v) is 6.20. The molecule has 0 spiro atoms. The van der Waals surface area contributed by atoms with Crippen molar-refractivity contribution in [2.75, 3.05) is 10.6 Å². The second-order valence-corrected chi connectivity index (χ2v) is 4.49. The number of urea groups is 1. The van der Waals surface area contributed by atoms with Crippen LogP contribution in [0.25, 0.3) is 0 Å². The number of hydrogen-bond donors (Lipinski definition) is 3. The van der Waals surface area contributed by atoms with Gasteiger partial charge in [-0.3, -0.25) is 0 Å². The van der Waals surface area contributed by atoms with E-state index < -0.39 is 17.8 Å². The highest BCUT2D eigenvalue weighted by molar-refractivity contribution is 6.30. The van der Waals surface area contributed by atoms with Gasteiger partial charge in [-0.2, -0.15) is 0 Å². The molecule has 0 fully saturated rings. The highest BCUT2D eigenvalue weighted by Gasteiger charge is 2.12. The smallest absolute Gasteiger partial charge is 0.337 e. The average Bonchev–Trinajstić information content (AvgIpc) is 2.42. The van der Waals surface area contributed by atoms with E-state index in [2.05, 4.69) is 10.6 Å². The number of halogens is 2. The third-order valence-electron chi connectivity index (χ3n) is 2.59. The van der Waals surface area contributed by atoms with Crippen LogP contribution in [0.1, 0.15) is 10.4 Å². The minimum Gasteiger partial charge on any atom is -0.478 e. The Labute approximate surface area is 124 Å². The summed E-state index contributed by atoms with van der Waals surface area (Å²) in [5.41, 5.74) is -0.0224. The predicted octanol–water partition coefficient (Wildman–Crippen LogP) is 3.82. The lowest BCUT2D eigenvalue weighted by Crippen LogP contribution is -2.21. The third-order valence-corrected chi connectivity index (χ3v) is 2.82. The van der Waals surface area contributed by atoms with Crippen molar-refractivity contribution in [2.45, 2.75) is 0 Å². The van der Waals surface area contributed by atoms with Gasteiger partial charge in [-0.1, -0.05) is 23.7 Å². The van der Waals surface area contributed by atoms with E-state index in [0.29, 0.717) is 0 Å². The number of para-hydroxylation sites is 1. The van der Waals surface area contributed by atoms with Gasteiger partial charge in [-0.05, 0) is 30.3 Å². The Morgan fingerprint density at radius 2 is 1.71 bits per heavy atom. The van der Waals surface area contributed by atoms with Crippen molar-refractivity contribution in [3.63, 3.8) is 0 Å². The molecule has 0 radical (unpaired) electrons. The van der Waals surface area contributed by atoms with Gasteiger partial charge < -0.3 is 15.7 Å². The van der Waals surface area contributed by atoms with Crippen molar-refractivity contribution in [2.24, 2.45) is 0 Å². The maximum Gasteiger partial charge on any atom is 0.337 e. The molecule has 2 amide bonds. The Balaban J connectivity index is 2.14. The zero-order chi connectivity index (χ0) is 15.4. The summed E-state index contributed by atoms with van der Waals surface area (Å²) >= 11 is 5.61. The van der Waals surface area contributed by atoms with Crippen LogP contribution in [0.5, 0.6) is 0 Å². The number of benzene rings is 2. The summed E-state index contributed by atoms with van der Waals surface area (Å²) in [5.74, 6) is -1.87. The van der Waals surface area contributed by atoms with Crippen LogP contribution >= 0.6 is 11.6 Å². The fraction of sp³-hybridized carbons (Fsp3) is 0. The lowest BCUT2D eigenvalue weighted by Gasteiger charge is -2.10. The molecular formula is C14H10ClFN2O3. The molecule has 5 nitrogen and oxygen atoms in total. The second-order valence-electron chi connectivity index (χ2n) is 4.05. The van der Waals surface area contributed by atoms with Gasteiger partial charge in [0.15, 0.2) is 0 Å². The number of rotatable bonds is 3. The van der Waals surface area contributed by atoms with Gasteiger partial charge in [-0.25, -0.2) is 14.0 Å². The summed E-state index contributed by atoms with van der Waals surface area (Å²) in [6.07, 6.45) is 0. The number of carboxylic acid groups (broad SMARTS) is 1. The van der Waals surface area contributed by atoms with Crippen molar-refractivity contribution in [1.29, 1.82) is 0 Å². The molecule has 0 aliphatic carbocycles. The third kappa shape index (κ3) is 3.70. The van der Waals surface area contributed by atoms with Gasteiger partial charge in [0.25, 0.3) is 0 Å². The summed E-state index contributed by atoms with van der Waals surface area (Å²) < 4.78 is 13.5. The fourth-order valence-electron chi connectivity index (χ4n) is 1.65. The van der Waals surface area contributed by atoms with E-state index in [4.69, 9.17) is 16.7 Å². The number of amides is 2. The van der Waals surface area contributed by atoms with Crippen molar-refractivity contribution in [1.82, 2.24) is 0 Å². The molecule has 2 aromatic carbocycles. The zero-order valence-electron chi connectivity index (χ0n) is 10.6. The molecule has 7 heteroatoms. The number of carboxylic acids is 1. The first kappa shape index (κ1) is 14.8. The van der Waals surface area contributed by atoms with E-state index in [1.165, 1.54) is 30.3 Å². The van der Waals surface area contributed by atoms with Gasteiger partial charge in [0.1, 0.15) is 5.82 Å². The van der Waals surface area contributed by atoms with Crippen molar-refractivity contribution < 1.29 is 19.1 Å². The molecule has 2 rings (SSSR count). The summed E-state index contributed by atoms with van der Waals surface area (Å²) in [5, 5.41) is 13.8. The maximum atomic E-state index is 13.5. The summed E-state index contributed by atoms with van der Waals surface area (Å²) in [6, 6.07) is 8.91. The zero-order valence-corrected chi connectivity index (χ0v) is 11.3. The van der Waals surface area contributed by atoms with E-state index in [9.17, 15) is 14.0 Å². The van der Waals surface area contributed by atoms with E-state index >= 15 is 0 Å². The number of nitrogens with one attached hydrogen (secondary N) is 2. The predicted molar refractivity (Wildman–Crippen MR) is 77.5 cm³/mol. The Hall–Kier alpha value is -2.60. The molecule has 0 aromatic heterocycles. The minimum atomic E-state index is -1.18. The van der Waals surface area contributed by atoms with Gasteiger partial charge in [0.2, 0.25) is 0 Å². The van der Waals surface area contributed by atoms with E-state index in [1.54, 1.807) is 6.07 Å². The van der Waals surface area contributed by atoms with Crippen LogP contribution in [-0.2, 0) is 0 Å². The van der Waals surface area contributed by atoms with Crippen LogP contribution < -0.4 is 10.6 Å². The molecule has 21 heavy (non-hydrogen) atoms. The van der Waals surface area contributed by atoms with Gasteiger partial charge in [0.05, 0.1) is 16.9 Å². The molecule has 0 aliphatic heterocycles. The van der Waals surface area contributed by atoms with E-state index in [0.717, 1.165) is 6.07 Å². The standard InChI is InChI=1S/C14H10ClFN2O3/c15-8-5-6-12(10(16)7-8)18-14(21)17-11-4-2-1-3-9(11)13(19)20/h1-7H,(H,19,20)(H2,17,18,21). The topological polar surface area (TPSA) is 78.4 Å². The fourth-order valence-corrected chi connectivity index (χ4v) is 1.80. The SMILES string of the molecule is O=C(Nc1ccc(Cl)cc1F)Nc1ccccc1C(=O)O. The number of aromatic carboxylic acids is 1. The minimum absolute atomic E-state index is 0.0651. The largest absolute Gasteiger partial charge is 0.478 e. The summed E-state index contributed by atoms with van der Waals surface area (Å²) in [7, 11) is 0. The summed E-state index contributed by atoms with van der Waals surface area (Å²) in [6.45, 7) is 0. The number of carbonyl (C=O) groups excluding carboxylic acids is 1. The molecular weight excluding hydrogens is 299 g/mol. The molecule has 0 saturated carbocycles. The molecule has 0 aliphatic rings. The van der Waals surface area contributed by atoms with Crippen LogP contribution in [0, 0.1) is 5.82 Å². The Bertz CT molecular complexity index is 706.